The van der Waals surface area contributed by atoms with Crippen LogP contribution < -0.4 is 15.4 Å². The lowest BCUT2D eigenvalue weighted by Crippen LogP contribution is -2.32. The SMILES string of the molecule is Cc1cc(C)cc(NC(=O)NCCOc2cccc(Br)c2)c1. The van der Waals surface area contributed by atoms with Gasteiger partial charge in [-0.15, -0.1) is 0 Å². The number of carbonyl (C=O) groups excluding carboxylic acids is 1. The zero-order valence-corrected chi connectivity index (χ0v) is 14.2. The summed E-state index contributed by atoms with van der Waals surface area (Å²) < 4.78 is 6.52. The van der Waals surface area contributed by atoms with Crippen LogP contribution >= 0.6 is 15.9 Å². The molecule has 0 aromatic heterocycles. The smallest absolute Gasteiger partial charge is 0.319 e. The number of ether oxygens (including phenoxy) is 1. The average Bonchev–Trinajstić information content (AvgIpc) is 2.42. The number of halogens is 1. The van der Waals surface area contributed by atoms with E-state index >= 15 is 0 Å². The summed E-state index contributed by atoms with van der Waals surface area (Å²) in [7, 11) is 0. The fraction of sp³-hybridized carbons (Fsp3) is 0.235. The fourth-order valence-electron chi connectivity index (χ4n) is 2.11. The van der Waals surface area contributed by atoms with Crippen molar-refractivity contribution >= 4 is 27.6 Å². The molecular weight excluding hydrogens is 344 g/mol. The summed E-state index contributed by atoms with van der Waals surface area (Å²) in [5.74, 6) is 0.769. The molecule has 0 radical (unpaired) electrons. The molecule has 0 aliphatic rings. The van der Waals surface area contributed by atoms with Crippen molar-refractivity contribution in [3.05, 3.63) is 58.1 Å². The van der Waals surface area contributed by atoms with Crippen molar-refractivity contribution in [2.75, 3.05) is 18.5 Å². The first-order valence-corrected chi connectivity index (χ1v) is 7.84. The second kappa shape index (κ2) is 7.84. The highest BCUT2D eigenvalue weighted by molar-refractivity contribution is 9.10. The third kappa shape index (κ3) is 5.41. The van der Waals surface area contributed by atoms with E-state index in [1.54, 1.807) is 0 Å². The van der Waals surface area contributed by atoms with Gasteiger partial charge < -0.3 is 15.4 Å². The first-order valence-electron chi connectivity index (χ1n) is 7.04. The topological polar surface area (TPSA) is 50.4 Å². The Hall–Kier alpha value is -2.01. The summed E-state index contributed by atoms with van der Waals surface area (Å²) in [6.07, 6.45) is 0. The van der Waals surface area contributed by atoms with Crippen LogP contribution in [0, 0.1) is 13.8 Å². The van der Waals surface area contributed by atoms with E-state index in [-0.39, 0.29) is 6.03 Å². The second-order valence-corrected chi connectivity index (χ2v) is 5.98. The van der Waals surface area contributed by atoms with Gasteiger partial charge in [-0.2, -0.15) is 0 Å². The van der Waals surface area contributed by atoms with Crippen molar-refractivity contribution in [3.8, 4) is 5.75 Å². The minimum absolute atomic E-state index is 0.233. The number of carbonyl (C=O) groups is 1. The Morgan fingerprint density at radius 3 is 2.55 bits per heavy atom. The lowest BCUT2D eigenvalue weighted by Gasteiger charge is -2.10. The highest BCUT2D eigenvalue weighted by Gasteiger charge is 2.02. The number of benzene rings is 2. The minimum Gasteiger partial charge on any atom is -0.492 e. The molecule has 0 aliphatic carbocycles. The molecule has 0 saturated carbocycles. The van der Waals surface area contributed by atoms with Crippen molar-refractivity contribution in [3.63, 3.8) is 0 Å². The first-order chi connectivity index (χ1) is 10.5. The maximum absolute atomic E-state index is 11.8. The zero-order chi connectivity index (χ0) is 15.9. The van der Waals surface area contributed by atoms with E-state index < -0.39 is 0 Å². The lowest BCUT2D eigenvalue weighted by molar-refractivity contribution is 0.247. The molecule has 2 N–H and O–H groups in total. The molecule has 5 heteroatoms. The molecule has 4 nitrogen and oxygen atoms in total. The van der Waals surface area contributed by atoms with Gasteiger partial charge in [0.1, 0.15) is 12.4 Å². The Bertz CT molecular complexity index is 639. The van der Waals surface area contributed by atoms with Gasteiger partial charge in [0.15, 0.2) is 0 Å². The molecule has 2 amide bonds. The maximum Gasteiger partial charge on any atom is 0.319 e. The van der Waals surface area contributed by atoms with Crippen molar-refractivity contribution in [2.45, 2.75) is 13.8 Å². The van der Waals surface area contributed by atoms with Crippen molar-refractivity contribution in [2.24, 2.45) is 0 Å². The number of urea groups is 1. The van der Waals surface area contributed by atoms with Crippen molar-refractivity contribution in [1.29, 1.82) is 0 Å². The van der Waals surface area contributed by atoms with E-state index in [9.17, 15) is 4.79 Å². The van der Waals surface area contributed by atoms with Crippen molar-refractivity contribution < 1.29 is 9.53 Å². The molecule has 0 unspecified atom stereocenters. The second-order valence-electron chi connectivity index (χ2n) is 5.06. The summed E-state index contributed by atoms with van der Waals surface area (Å²) in [6, 6.07) is 13.3. The van der Waals surface area contributed by atoms with E-state index in [1.165, 1.54) is 0 Å². The highest BCUT2D eigenvalue weighted by atomic mass is 79.9. The molecule has 22 heavy (non-hydrogen) atoms. The van der Waals surface area contributed by atoms with Crippen LogP contribution in [0.25, 0.3) is 0 Å². The predicted octanol–water partition coefficient (Wildman–Crippen LogP) is 4.27. The van der Waals surface area contributed by atoms with Crippen LogP contribution in [0.3, 0.4) is 0 Å². The van der Waals surface area contributed by atoms with Gasteiger partial charge in [-0.3, -0.25) is 0 Å². The lowest BCUT2D eigenvalue weighted by atomic mass is 10.1. The quantitative estimate of drug-likeness (QED) is 0.780. The average molecular weight is 363 g/mol. The van der Waals surface area contributed by atoms with Crippen LogP contribution in [0.2, 0.25) is 0 Å². The number of aryl methyl sites for hydroxylation is 2. The van der Waals surface area contributed by atoms with Crippen LogP contribution in [0.4, 0.5) is 10.5 Å². The summed E-state index contributed by atoms with van der Waals surface area (Å²) in [5, 5.41) is 5.59. The Morgan fingerprint density at radius 2 is 1.86 bits per heavy atom. The molecule has 0 fully saturated rings. The number of anilines is 1. The van der Waals surface area contributed by atoms with Crippen LogP contribution in [-0.2, 0) is 0 Å². The summed E-state index contributed by atoms with van der Waals surface area (Å²) in [6.45, 7) is 4.85. The number of rotatable bonds is 5. The van der Waals surface area contributed by atoms with Gasteiger partial charge in [0, 0.05) is 10.2 Å². The summed E-state index contributed by atoms with van der Waals surface area (Å²) in [4.78, 5) is 11.8. The number of amides is 2. The Labute approximate surface area is 139 Å². The minimum atomic E-state index is -0.233. The van der Waals surface area contributed by atoms with Crippen LogP contribution in [0.5, 0.6) is 5.75 Å². The molecule has 116 valence electrons. The molecule has 2 aromatic rings. The van der Waals surface area contributed by atoms with Crippen LogP contribution in [0.1, 0.15) is 11.1 Å². The number of nitrogens with one attached hydrogen (secondary N) is 2. The Balaban J connectivity index is 1.74. The molecule has 0 spiro atoms. The Kier molecular flexibility index (Phi) is 5.83. The van der Waals surface area contributed by atoms with Gasteiger partial charge in [0.05, 0.1) is 6.54 Å². The predicted molar refractivity (Wildman–Crippen MR) is 92.6 cm³/mol. The Morgan fingerprint density at radius 1 is 1.14 bits per heavy atom. The van der Waals surface area contributed by atoms with Gasteiger partial charge in [-0.25, -0.2) is 4.79 Å². The third-order valence-electron chi connectivity index (χ3n) is 2.93. The van der Waals surface area contributed by atoms with E-state index in [0.29, 0.717) is 13.2 Å². The summed E-state index contributed by atoms with van der Waals surface area (Å²) in [5.41, 5.74) is 3.03. The van der Waals surface area contributed by atoms with Gasteiger partial charge in [-0.1, -0.05) is 28.1 Å². The normalized spacial score (nSPS) is 10.1. The van der Waals surface area contributed by atoms with E-state index in [1.807, 2.05) is 50.2 Å². The van der Waals surface area contributed by atoms with Crippen LogP contribution in [-0.4, -0.2) is 19.2 Å². The van der Waals surface area contributed by atoms with E-state index in [0.717, 1.165) is 27.0 Å². The van der Waals surface area contributed by atoms with Crippen molar-refractivity contribution in [1.82, 2.24) is 5.32 Å². The summed E-state index contributed by atoms with van der Waals surface area (Å²) >= 11 is 3.38. The molecule has 0 aliphatic heterocycles. The molecular formula is C17H19BrN2O2. The van der Waals surface area contributed by atoms with Gasteiger partial charge in [0.2, 0.25) is 0 Å². The van der Waals surface area contributed by atoms with Gasteiger partial charge in [-0.05, 0) is 55.3 Å². The van der Waals surface area contributed by atoms with Gasteiger partial charge in [0.25, 0.3) is 0 Å². The number of hydrogen-bond acceptors (Lipinski definition) is 2. The maximum atomic E-state index is 11.8. The fourth-order valence-corrected chi connectivity index (χ4v) is 2.49. The molecule has 0 atom stereocenters. The third-order valence-corrected chi connectivity index (χ3v) is 3.43. The molecule has 0 heterocycles. The zero-order valence-electron chi connectivity index (χ0n) is 12.7. The molecule has 0 saturated heterocycles. The molecule has 0 bridgehead atoms. The number of hydrogen-bond donors (Lipinski definition) is 2. The van der Waals surface area contributed by atoms with Gasteiger partial charge >= 0.3 is 6.03 Å². The molecule has 2 aromatic carbocycles. The largest absolute Gasteiger partial charge is 0.492 e. The van der Waals surface area contributed by atoms with E-state index in [4.69, 9.17) is 4.74 Å². The van der Waals surface area contributed by atoms with Crippen LogP contribution in [0.15, 0.2) is 46.9 Å². The highest BCUT2D eigenvalue weighted by Crippen LogP contribution is 2.17. The van der Waals surface area contributed by atoms with E-state index in [2.05, 4.69) is 32.6 Å². The standard InChI is InChI=1S/C17H19BrN2O2/c1-12-8-13(2)10-15(9-12)20-17(21)19-6-7-22-16-5-3-4-14(18)11-16/h3-5,8-11H,6-7H2,1-2H3,(H2,19,20,21). The first kappa shape index (κ1) is 16.4. The monoisotopic (exact) mass is 362 g/mol. The molecule has 2 rings (SSSR count).